The SMILES string of the molecule is CCOc1ccc(O)c(CN2[C@@H]3CC[C@H]2CC(O)(c2cccc(F)c2)C3)c1. The third-order valence-corrected chi connectivity index (χ3v) is 5.99. The van der Waals surface area contributed by atoms with Gasteiger partial charge in [-0.1, -0.05) is 12.1 Å². The van der Waals surface area contributed by atoms with E-state index >= 15 is 0 Å². The maximum atomic E-state index is 13.7. The van der Waals surface area contributed by atoms with Crippen LogP contribution >= 0.6 is 0 Å². The Bertz CT molecular complexity index is 811. The second-order valence-corrected chi connectivity index (χ2v) is 7.73. The minimum atomic E-state index is -0.986. The summed E-state index contributed by atoms with van der Waals surface area (Å²) in [6, 6.07) is 12.1. The molecule has 4 rings (SSSR count). The maximum absolute atomic E-state index is 13.7. The third-order valence-electron chi connectivity index (χ3n) is 5.99. The molecule has 2 saturated heterocycles. The first-order valence-electron chi connectivity index (χ1n) is 9.67. The summed E-state index contributed by atoms with van der Waals surface area (Å²) in [5.41, 5.74) is 0.522. The molecular formula is C22H26FNO3. The molecule has 2 bridgehead atoms. The van der Waals surface area contributed by atoms with Crippen molar-refractivity contribution in [1.29, 1.82) is 0 Å². The quantitative estimate of drug-likeness (QED) is 0.836. The van der Waals surface area contributed by atoms with E-state index in [0.717, 1.165) is 24.2 Å². The Kier molecular flexibility index (Phi) is 4.82. The molecule has 2 aliphatic heterocycles. The molecule has 2 fully saturated rings. The van der Waals surface area contributed by atoms with E-state index in [1.165, 1.54) is 12.1 Å². The van der Waals surface area contributed by atoms with Gasteiger partial charge in [-0.3, -0.25) is 4.90 Å². The normalized spacial score (nSPS) is 27.7. The predicted molar refractivity (Wildman–Crippen MR) is 101 cm³/mol. The smallest absolute Gasteiger partial charge is 0.123 e. The van der Waals surface area contributed by atoms with Crippen LogP contribution in [0, 0.1) is 5.82 Å². The van der Waals surface area contributed by atoms with Crippen molar-refractivity contribution in [2.24, 2.45) is 0 Å². The van der Waals surface area contributed by atoms with Crippen LogP contribution in [0.25, 0.3) is 0 Å². The van der Waals surface area contributed by atoms with Crippen molar-refractivity contribution in [3.8, 4) is 11.5 Å². The van der Waals surface area contributed by atoms with Gasteiger partial charge in [0.1, 0.15) is 17.3 Å². The molecule has 0 aromatic heterocycles. The van der Waals surface area contributed by atoms with E-state index < -0.39 is 5.60 Å². The molecule has 2 heterocycles. The molecule has 27 heavy (non-hydrogen) atoms. The molecule has 5 heteroatoms. The zero-order valence-electron chi connectivity index (χ0n) is 15.6. The zero-order chi connectivity index (χ0) is 19.0. The lowest BCUT2D eigenvalue weighted by atomic mass is 9.80. The van der Waals surface area contributed by atoms with Gasteiger partial charge >= 0.3 is 0 Å². The Balaban J connectivity index is 1.54. The topological polar surface area (TPSA) is 52.9 Å². The van der Waals surface area contributed by atoms with Crippen molar-refractivity contribution in [3.63, 3.8) is 0 Å². The summed E-state index contributed by atoms with van der Waals surface area (Å²) in [7, 11) is 0. The minimum absolute atomic E-state index is 0.215. The van der Waals surface area contributed by atoms with Gasteiger partial charge in [-0.15, -0.1) is 0 Å². The van der Waals surface area contributed by atoms with Crippen LogP contribution in [0.5, 0.6) is 11.5 Å². The molecule has 2 aromatic carbocycles. The van der Waals surface area contributed by atoms with E-state index in [4.69, 9.17) is 4.74 Å². The Labute approximate surface area is 159 Å². The van der Waals surface area contributed by atoms with Crippen LogP contribution in [0.4, 0.5) is 4.39 Å². The monoisotopic (exact) mass is 371 g/mol. The maximum Gasteiger partial charge on any atom is 0.123 e. The minimum Gasteiger partial charge on any atom is -0.508 e. The van der Waals surface area contributed by atoms with Crippen LogP contribution in [0.2, 0.25) is 0 Å². The molecule has 2 aliphatic rings. The van der Waals surface area contributed by atoms with Gasteiger partial charge in [0.25, 0.3) is 0 Å². The van der Waals surface area contributed by atoms with Crippen LogP contribution in [0.3, 0.4) is 0 Å². The van der Waals surface area contributed by atoms with Gasteiger partial charge in [0.15, 0.2) is 0 Å². The number of hydrogen-bond donors (Lipinski definition) is 2. The first-order chi connectivity index (χ1) is 13.0. The van der Waals surface area contributed by atoms with Crippen LogP contribution in [0.1, 0.15) is 43.7 Å². The number of nitrogens with zero attached hydrogens (tertiary/aromatic N) is 1. The number of aromatic hydroxyl groups is 1. The number of rotatable bonds is 5. The molecular weight excluding hydrogens is 345 g/mol. The van der Waals surface area contributed by atoms with Crippen molar-refractivity contribution in [3.05, 3.63) is 59.4 Å². The van der Waals surface area contributed by atoms with Crippen molar-refractivity contribution in [2.45, 2.75) is 56.8 Å². The lowest BCUT2D eigenvalue weighted by molar-refractivity contribution is -0.0598. The van der Waals surface area contributed by atoms with Crippen molar-refractivity contribution in [2.75, 3.05) is 6.61 Å². The van der Waals surface area contributed by atoms with Crippen LogP contribution in [-0.2, 0) is 12.1 Å². The largest absolute Gasteiger partial charge is 0.508 e. The van der Waals surface area contributed by atoms with E-state index in [2.05, 4.69) is 4.90 Å². The molecule has 0 aliphatic carbocycles. The average Bonchev–Trinajstić information content (AvgIpc) is 2.88. The summed E-state index contributed by atoms with van der Waals surface area (Å²) in [4.78, 5) is 2.37. The van der Waals surface area contributed by atoms with Crippen LogP contribution < -0.4 is 4.74 Å². The average molecular weight is 371 g/mol. The number of fused-ring (bicyclic) bond motifs is 2. The molecule has 0 amide bonds. The number of aliphatic hydroxyl groups is 1. The molecule has 144 valence electrons. The van der Waals surface area contributed by atoms with E-state index in [-0.39, 0.29) is 23.7 Å². The van der Waals surface area contributed by atoms with Crippen LogP contribution in [0.15, 0.2) is 42.5 Å². The second kappa shape index (κ2) is 7.13. The fourth-order valence-corrected chi connectivity index (χ4v) is 4.73. The summed E-state index contributed by atoms with van der Waals surface area (Å²) in [6.07, 6.45) is 3.18. The number of benzene rings is 2. The number of phenols is 1. The van der Waals surface area contributed by atoms with Gasteiger partial charge in [-0.05, 0) is 68.5 Å². The van der Waals surface area contributed by atoms with E-state index in [1.54, 1.807) is 18.2 Å². The van der Waals surface area contributed by atoms with E-state index in [9.17, 15) is 14.6 Å². The van der Waals surface area contributed by atoms with Crippen molar-refractivity contribution in [1.82, 2.24) is 4.90 Å². The van der Waals surface area contributed by atoms with E-state index in [1.807, 2.05) is 19.1 Å². The van der Waals surface area contributed by atoms with Gasteiger partial charge in [-0.2, -0.15) is 0 Å². The highest BCUT2D eigenvalue weighted by Gasteiger charge is 2.48. The number of phenolic OH excluding ortho intramolecular Hbond substituents is 1. The number of piperidine rings is 1. The van der Waals surface area contributed by atoms with Gasteiger partial charge in [0, 0.05) is 24.2 Å². The lowest BCUT2D eigenvalue weighted by Crippen LogP contribution is -2.49. The molecule has 0 spiro atoms. The molecule has 3 atom stereocenters. The Morgan fingerprint density at radius 1 is 1.15 bits per heavy atom. The Hall–Kier alpha value is -2.11. The van der Waals surface area contributed by atoms with Gasteiger partial charge in [0.2, 0.25) is 0 Å². The zero-order valence-corrected chi connectivity index (χ0v) is 15.6. The Morgan fingerprint density at radius 2 is 1.89 bits per heavy atom. The summed E-state index contributed by atoms with van der Waals surface area (Å²) in [5, 5.41) is 21.5. The number of ether oxygens (including phenoxy) is 1. The van der Waals surface area contributed by atoms with E-state index in [0.29, 0.717) is 31.6 Å². The molecule has 2 N–H and O–H groups in total. The summed E-state index contributed by atoms with van der Waals surface area (Å²) in [5.74, 6) is 0.711. The highest BCUT2D eigenvalue weighted by atomic mass is 19.1. The third kappa shape index (κ3) is 3.54. The van der Waals surface area contributed by atoms with Gasteiger partial charge < -0.3 is 14.9 Å². The van der Waals surface area contributed by atoms with Gasteiger partial charge in [0.05, 0.1) is 12.2 Å². The summed E-state index contributed by atoms with van der Waals surface area (Å²) < 4.78 is 19.2. The first-order valence-corrected chi connectivity index (χ1v) is 9.67. The van der Waals surface area contributed by atoms with Crippen molar-refractivity contribution >= 4 is 0 Å². The fourth-order valence-electron chi connectivity index (χ4n) is 4.73. The fraction of sp³-hybridized carbons (Fsp3) is 0.455. The lowest BCUT2D eigenvalue weighted by Gasteiger charge is -2.44. The summed E-state index contributed by atoms with van der Waals surface area (Å²) >= 11 is 0. The summed E-state index contributed by atoms with van der Waals surface area (Å²) in [6.45, 7) is 3.14. The molecule has 4 nitrogen and oxygen atoms in total. The highest BCUT2D eigenvalue weighted by Crippen LogP contribution is 2.46. The Morgan fingerprint density at radius 3 is 2.56 bits per heavy atom. The standard InChI is InChI=1S/C22H26FNO3/c1-2-27-20-8-9-21(25)15(10-20)14-24-18-6-7-19(24)13-22(26,12-18)16-4-3-5-17(23)11-16/h3-5,8-11,18-19,25-26H,2,6-7,12-14H2,1H3/t18-,19+,22?. The first kappa shape index (κ1) is 18.3. The highest BCUT2D eigenvalue weighted by molar-refractivity contribution is 5.39. The van der Waals surface area contributed by atoms with Crippen LogP contribution in [-0.4, -0.2) is 33.8 Å². The molecule has 0 saturated carbocycles. The molecule has 1 unspecified atom stereocenters. The second-order valence-electron chi connectivity index (χ2n) is 7.73. The van der Waals surface area contributed by atoms with Gasteiger partial charge in [-0.25, -0.2) is 4.39 Å². The molecule has 2 aromatic rings. The number of hydrogen-bond acceptors (Lipinski definition) is 4. The number of halogens is 1. The van der Waals surface area contributed by atoms with Crippen molar-refractivity contribution < 1.29 is 19.3 Å². The molecule has 0 radical (unpaired) electrons. The predicted octanol–water partition coefficient (Wildman–Crippen LogP) is 3.94.